The molecule has 7 aliphatic rings. The highest BCUT2D eigenvalue weighted by atomic mass is 16.5. The number of H-pyrrole nitrogens is 2. The summed E-state index contributed by atoms with van der Waals surface area (Å²) in [5, 5.41) is 1.93. The van der Waals surface area contributed by atoms with Gasteiger partial charge in [-0.25, -0.2) is 9.98 Å². The molecular weight excluding hydrogens is 1060 g/mol. The molecule has 0 saturated carbocycles. The van der Waals surface area contributed by atoms with E-state index in [-0.39, 0.29) is 0 Å². The van der Waals surface area contributed by atoms with Crippen LogP contribution in [-0.4, -0.2) is 107 Å². The lowest BCUT2D eigenvalue weighted by Gasteiger charge is -2.19. The molecule has 6 aromatic rings. The molecule has 0 atom stereocenters. The number of nitrogens with zero attached hydrogens (tertiary/aromatic N) is 2. The molecule has 0 fully saturated rings. The largest absolute Gasteiger partial charge is 0.493 e. The Kier molecular flexibility index (Phi) is 14.0. The number of hydrogen-bond donors (Lipinski definition) is 2. The zero-order valence-corrected chi connectivity index (χ0v) is 49.9. The molecule has 16 heteroatoms. The highest BCUT2D eigenvalue weighted by Gasteiger charge is 2.41. The predicted octanol–water partition coefficient (Wildman–Crippen LogP) is 10.9. The number of ether oxygens (including phenoxy) is 12. The van der Waals surface area contributed by atoms with Crippen LogP contribution in [0.1, 0.15) is 107 Å². The summed E-state index contributed by atoms with van der Waals surface area (Å²) in [7, 11) is 19.8. The second-order valence-corrected chi connectivity index (χ2v) is 21.8. The third kappa shape index (κ3) is 8.21. The van der Waals surface area contributed by atoms with Crippen LogP contribution in [0.4, 0.5) is 0 Å². The lowest BCUT2D eigenvalue weighted by atomic mass is 9.91. The third-order valence-corrected chi connectivity index (χ3v) is 17.9. The number of methoxy groups -OCH3 is 12. The number of aromatic amines is 2. The maximum absolute atomic E-state index is 6.17. The van der Waals surface area contributed by atoms with E-state index in [4.69, 9.17) is 66.8 Å². The predicted molar refractivity (Wildman–Crippen MR) is 323 cm³/mol. The molecule has 0 spiro atoms. The zero-order valence-electron chi connectivity index (χ0n) is 49.9. The van der Waals surface area contributed by atoms with Crippen molar-refractivity contribution in [3.8, 4) is 69.0 Å². The van der Waals surface area contributed by atoms with Crippen molar-refractivity contribution in [3.63, 3.8) is 0 Å². The Balaban J connectivity index is 1.29. The molecule has 0 saturated heterocycles. The first kappa shape index (κ1) is 54.3. The molecule has 16 nitrogen and oxygen atoms in total. The molecule has 13 rings (SSSR count). The van der Waals surface area contributed by atoms with Crippen LogP contribution in [0.25, 0.3) is 22.3 Å². The van der Waals surface area contributed by atoms with Gasteiger partial charge in [0.25, 0.3) is 0 Å². The van der Waals surface area contributed by atoms with Gasteiger partial charge in [-0.2, -0.15) is 0 Å². The third-order valence-electron chi connectivity index (χ3n) is 17.9. The Morgan fingerprint density at radius 2 is 0.548 bits per heavy atom. The van der Waals surface area contributed by atoms with Gasteiger partial charge in [0.2, 0.25) is 23.0 Å². The van der Waals surface area contributed by atoms with Crippen LogP contribution in [0.15, 0.2) is 92.2 Å². The van der Waals surface area contributed by atoms with Gasteiger partial charge in [-0.1, -0.05) is 0 Å². The van der Waals surface area contributed by atoms with E-state index in [2.05, 4.69) is 58.5 Å². The number of rotatable bonds is 16. The summed E-state index contributed by atoms with van der Waals surface area (Å²) in [5.41, 5.74) is 22.2. The molecule has 0 radical (unpaired) electrons. The van der Waals surface area contributed by atoms with Crippen molar-refractivity contribution in [3.05, 3.63) is 149 Å². The Labute approximate surface area is 488 Å². The van der Waals surface area contributed by atoms with E-state index >= 15 is 0 Å². The first-order valence-electron chi connectivity index (χ1n) is 28.7. The lowest BCUT2D eigenvalue weighted by molar-refractivity contribution is 0.324. The van der Waals surface area contributed by atoms with Crippen molar-refractivity contribution < 1.29 is 56.8 Å². The average Bonchev–Trinajstić information content (AvgIpc) is 2.17. The monoisotopic (exact) mass is 1130 g/mol. The van der Waals surface area contributed by atoms with E-state index < -0.39 is 0 Å². The molecule has 4 heterocycles. The summed E-state index contributed by atoms with van der Waals surface area (Å²) in [5.74, 6) is 6.26. The summed E-state index contributed by atoms with van der Waals surface area (Å²) in [6.07, 6.45) is 10.3. The first-order chi connectivity index (χ1) is 41.1. The van der Waals surface area contributed by atoms with Crippen LogP contribution < -0.4 is 67.5 Å². The van der Waals surface area contributed by atoms with Gasteiger partial charge in [0.1, 0.15) is 0 Å². The van der Waals surface area contributed by atoms with Crippen LogP contribution in [0.2, 0.25) is 0 Å². The fraction of sp³-hybridized carbons (Fsp3) is 0.353. The van der Waals surface area contributed by atoms with Crippen molar-refractivity contribution in [2.24, 2.45) is 9.98 Å². The van der Waals surface area contributed by atoms with Gasteiger partial charge in [-0.05, 0) is 192 Å². The SMILES string of the molecule is COc1cc(C2=C3N=C(C4=C3CCC4)C(c3cc(OC)c(OC)c(OC)c3)=c3[nH]c(c4c3CCC4)=C(c3cc(OC)c(OC)c(OC)c3)C3=NC(=C(c4cc(OC)c(OC)c(OC)c4)c4[nH]c2c2c4CCC2)C2=C3CCC2)cc(OC)c1OC. The highest BCUT2D eigenvalue weighted by molar-refractivity contribution is 6.35. The van der Waals surface area contributed by atoms with Gasteiger partial charge in [0.05, 0.1) is 130 Å². The Morgan fingerprint density at radius 1 is 0.286 bits per heavy atom. The molecule has 84 heavy (non-hydrogen) atoms. The van der Waals surface area contributed by atoms with E-state index in [1.54, 1.807) is 85.3 Å². The van der Waals surface area contributed by atoms with Gasteiger partial charge in [0.15, 0.2) is 46.0 Å². The van der Waals surface area contributed by atoms with E-state index in [1.807, 2.05) is 0 Å². The molecule has 8 bridgehead atoms. The number of aromatic nitrogens is 2. The van der Waals surface area contributed by atoms with E-state index in [0.717, 1.165) is 166 Å². The van der Waals surface area contributed by atoms with Crippen molar-refractivity contribution in [2.45, 2.75) is 77.0 Å². The number of nitrogens with one attached hydrogen (secondary N) is 2. The lowest BCUT2D eigenvalue weighted by Crippen LogP contribution is -2.25. The minimum Gasteiger partial charge on any atom is -0.493 e. The van der Waals surface area contributed by atoms with Gasteiger partial charge in [-0.15, -0.1) is 0 Å². The average molecular weight is 1140 g/mol. The maximum Gasteiger partial charge on any atom is 0.203 e. The number of allylic oxidation sites excluding steroid dienone is 4. The van der Waals surface area contributed by atoms with Gasteiger partial charge in [-0.3, -0.25) is 0 Å². The van der Waals surface area contributed by atoms with Crippen molar-refractivity contribution in [2.75, 3.05) is 85.3 Å². The molecule has 2 aromatic heterocycles. The molecule has 0 unspecified atom stereocenters. The molecular formula is C68H70N4O12. The van der Waals surface area contributed by atoms with Gasteiger partial charge >= 0.3 is 0 Å². The van der Waals surface area contributed by atoms with Crippen LogP contribution >= 0.6 is 0 Å². The minimum absolute atomic E-state index is 0.499. The van der Waals surface area contributed by atoms with Crippen molar-refractivity contribution >= 4 is 33.7 Å². The smallest absolute Gasteiger partial charge is 0.203 e. The normalized spacial score (nSPS) is 16.6. The van der Waals surface area contributed by atoms with E-state index in [0.29, 0.717) is 69.0 Å². The molecule has 2 aliphatic heterocycles. The second kappa shape index (κ2) is 21.7. The molecule has 5 aliphatic carbocycles. The van der Waals surface area contributed by atoms with Gasteiger partial charge in [0, 0.05) is 22.3 Å². The molecule has 0 amide bonds. The maximum atomic E-state index is 6.17. The quantitative estimate of drug-likeness (QED) is 0.0943. The Bertz CT molecular complexity index is 3770. The molecule has 2 N–H and O–H groups in total. The molecule has 4 aromatic carbocycles. The highest BCUT2D eigenvalue weighted by Crippen LogP contribution is 2.54. The summed E-state index contributed by atoms with van der Waals surface area (Å²) >= 11 is 0. The Morgan fingerprint density at radius 3 is 0.833 bits per heavy atom. The van der Waals surface area contributed by atoms with E-state index in [1.165, 1.54) is 44.5 Å². The van der Waals surface area contributed by atoms with E-state index in [9.17, 15) is 0 Å². The molecule has 434 valence electrons. The van der Waals surface area contributed by atoms with Crippen LogP contribution in [-0.2, 0) is 25.7 Å². The summed E-state index contributed by atoms with van der Waals surface area (Å²) in [4.78, 5) is 20.6. The summed E-state index contributed by atoms with van der Waals surface area (Å²) in [6.45, 7) is 0. The summed E-state index contributed by atoms with van der Waals surface area (Å²) in [6, 6.07) is 16.5. The van der Waals surface area contributed by atoms with Crippen molar-refractivity contribution in [1.29, 1.82) is 0 Å². The topological polar surface area (TPSA) is 167 Å². The number of benzene rings is 4. The zero-order chi connectivity index (χ0) is 58.2. The van der Waals surface area contributed by atoms with Gasteiger partial charge < -0.3 is 66.8 Å². The van der Waals surface area contributed by atoms with Crippen LogP contribution in [0.5, 0.6) is 69.0 Å². The fourth-order valence-electron chi connectivity index (χ4n) is 14.3. The second-order valence-electron chi connectivity index (χ2n) is 21.8. The standard InChI is InChI=1S/C68H70N4O12/c1-73-45-25-33(26-46(74-2)65(45)81-9)53-57-37-17-13-19-39(37)59(69-57)54(34-27-47(75-3)66(82-10)48(28-34)76-4)61-41-21-15-23-43(41)63(71-61)56(36-31-51(79-7)68(84-12)52(32-36)80-8)64-44-24-16-22-42(44)62(72-64)55(60-40-20-14-18-38(40)58(53)70-60)35-29-49(77-5)67(83-11)50(30-35)78-6/h25-32,69,72H,13-24H2,1-12H3. The Hall–Kier alpha value is -8.92. The number of hydrogen-bond acceptors (Lipinski definition) is 14. The van der Waals surface area contributed by atoms with Crippen molar-refractivity contribution in [1.82, 2.24) is 9.97 Å². The summed E-state index contributed by atoms with van der Waals surface area (Å²) < 4.78 is 73.3. The number of aliphatic imine (C=N–C) groups is 2. The minimum atomic E-state index is 0.499. The first-order valence-corrected chi connectivity index (χ1v) is 28.7. The van der Waals surface area contributed by atoms with Crippen LogP contribution in [0, 0.1) is 0 Å². The van der Waals surface area contributed by atoms with Crippen LogP contribution in [0.3, 0.4) is 0 Å². The fourth-order valence-corrected chi connectivity index (χ4v) is 14.3.